The van der Waals surface area contributed by atoms with Gasteiger partial charge in [-0.1, -0.05) is 0 Å². The SMILES string of the molecule is O=C([O-])C1CCC(CN2C(=O)C=CC2=O)CC1.c1cc[c]([Sn+]([c]2ccccc2)[c]2ccccc2)cc1. The zero-order valence-corrected chi connectivity index (χ0v) is 22.9. The number of rotatable bonds is 6. The van der Waals surface area contributed by atoms with Gasteiger partial charge < -0.3 is 9.90 Å². The first-order valence-corrected chi connectivity index (χ1v) is 16.6. The molecule has 36 heavy (non-hydrogen) atoms. The molecule has 1 aliphatic carbocycles. The summed E-state index contributed by atoms with van der Waals surface area (Å²) in [6.45, 7) is 0.407. The molecule has 3 aromatic rings. The maximum absolute atomic E-state index is 11.3. The van der Waals surface area contributed by atoms with Gasteiger partial charge in [-0.2, -0.15) is 0 Å². The van der Waals surface area contributed by atoms with Crippen LogP contribution >= 0.6 is 0 Å². The monoisotopic (exact) mass is 587 g/mol. The van der Waals surface area contributed by atoms with Crippen LogP contribution in [0.3, 0.4) is 0 Å². The Balaban J connectivity index is 0.000000170. The van der Waals surface area contributed by atoms with Crippen LogP contribution in [-0.4, -0.2) is 49.0 Å². The van der Waals surface area contributed by atoms with Crippen LogP contribution in [0, 0.1) is 11.8 Å². The summed E-state index contributed by atoms with van der Waals surface area (Å²) in [5, 5.41) is 10.7. The van der Waals surface area contributed by atoms with Gasteiger partial charge >= 0.3 is 121 Å². The van der Waals surface area contributed by atoms with Crippen molar-refractivity contribution in [1.29, 1.82) is 0 Å². The molecule has 2 aliphatic rings. The molecule has 1 heterocycles. The van der Waals surface area contributed by atoms with Crippen LogP contribution in [0.1, 0.15) is 25.7 Å². The maximum atomic E-state index is 11.3. The molecule has 182 valence electrons. The third kappa shape index (κ3) is 6.72. The Morgan fingerprint density at radius 1 is 0.694 bits per heavy atom. The third-order valence-electron chi connectivity index (χ3n) is 6.71. The van der Waals surface area contributed by atoms with Gasteiger partial charge in [0, 0.05) is 24.7 Å². The Hall–Kier alpha value is -3.19. The van der Waals surface area contributed by atoms with E-state index in [9.17, 15) is 19.5 Å². The number of aliphatic carboxylic acids is 1. The first-order chi connectivity index (χ1) is 17.5. The molecular formula is C30H29NO4Sn. The Kier molecular flexibility index (Phi) is 9.11. The van der Waals surface area contributed by atoms with Gasteiger partial charge in [0.05, 0.1) is 0 Å². The van der Waals surface area contributed by atoms with Gasteiger partial charge in [-0.25, -0.2) is 0 Å². The summed E-state index contributed by atoms with van der Waals surface area (Å²) in [5.74, 6) is -1.67. The van der Waals surface area contributed by atoms with Crippen molar-refractivity contribution < 1.29 is 19.5 Å². The van der Waals surface area contributed by atoms with Crippen LogP contribution in [0.5, 0.6) is 0 Å². The summed E-state index contributed by atoms with van der Waals surface area (Å²) >= 11 is -1.98. The molecule has 2 amide bonds. The second kappa shape index (κ2) is 12.7. The van der Waals surface area contributed by atoms with Crippen LogP contribution < -0.4 is 15.8 Å². The summed E-state index contributed by atoms with van der Waals surface area (Å²) in [7, 11) is 0. The van der Waals surface area contributed by atoms with E-state index in [-0.39, 0.29) is 23.7 Å². The van der Waals surface area contributed by atoms with E-state index < -0.39 is 25.7 Å². The number of carboxylic acids is 1. The van der Waals surface area contributed by atoms with E-state index in [0.717, 1.165) is 12.8 Å². The number of benzene rings is 3. The Morgan fingerprint density at radius 2 is 1.08 bits per heavy atom. The Labute approximate surface area is 219 Å². The van der Waals surface area contributed by atoms with Crippen LogP contribution in [0.25, 0.3) is 0 Å². The molecule has 0 N–H and O–H groups in total. The average Bonchev–Trinajstić information content (AvgIpc) is 3.23. The van der Waals surface area contributed by atoms with Crippen LogP contribution in [0.2, 0.25) is 0 Å². The van der Waals surface area contributed by atoms with Crippen LogP contribution in [0.4, 0.5) is 0 Å². The Morgan fingerprint density at radius 3 is 1.44 bits per heavy atom. The molecule has 0 unspecified atom stereocenters. The van der Waals surface area contributed by atoms with E-state index in [1.165, 1.54) is 27.8 Å². The number of amides is 2. The summed E-state index contributed by atoms with van der Waals surface area (Å²) < 4.78 is 4.59. The fourth-order valence-electron chi connectivity index (χ4n) is 4.76. The topological polar surface area (TPSA) is 77.5 Å². The third-order valence-corrected chi connectivity index (χ3v) is 14.5. The molecule has 0 atom stereocenters. The molecule has 0 bridgehead atoms. The molecule has 5 rings (SSSR count). The number of carbonyl (C=O) groups excluding carboxylic acids is 3. The summed E-state index contributed by atoms with van der Waals surface area (Å²) in [6.07, 6.45) is 5.17. The quantitative estimate of drug-likeness (QED) is 0.326. The average molecular weight is 586 g/mol. The number of nitrogens with zero attached hydrogens (tertiary/aromatic N) is 1. The fourth-order valence-corrected chi connectivity index (χ4v) is 12.1. The van der Waals surface area contributed by atoms with Gasteiger partial charge in [0.1, 0.15) is 0 Å². The molecule has 0 spiro atoms. The van der Waals surface area contributed by atoms with Crippen molar-refractivity contribution in [3.63, 3.8) is 0 Å². The van der Waals surface area contributed by atoms with Gasteiger partial charge in [-0.05, 0) is 37.5 Å². The van der Waals surface area contributed by atoms with Gasteiger partial charge in [0.15, 0.2) is 0 Å². The summed E-state index contributed by atoms with van der Waals surface area (Å²) in [5.41, 5.74) is 0. The van der Waals surface area contributed by atoms with Gasteiger partial charge in [-0.3, -0.25) is 14.5 Å². The first-order valence-electron chi connectivity index (χ1n) is 12.3. The summed E-state index contributed by atoms with van der Waals surface area (Å²) in [4.78, 5) is 34.6. The molecule has 0 aromatic heterocycles. The number of carbonyl (C=O) groups is 3. The van der Waals surface area contributed by atoms with E-state index in [1.807, 2.05) is 0 Å². The molecular weight excluding hydrogens is 557 g/mol. The second-order valence-corrected chi connectivity index (χ2v) is 16.2. The van der Waals surface area contributed by atoms with Crippen molar-refractivity contribution in [1.82, 2.24) is 4.90 Å². The minimum absolute atomic E-state index is 0.221. The van der Waals surface area contributed by atoms with Crippen molar-refractivity contribution >= 4 is 48.3 Å². The number of carboxylic acid groups (broad SMARTS) is 1. The molecule has 6 heteroatoms. The molecule has 1 aliphatic heterocycles. The second-order valence-electron chi connectivity index (χ2n) is 9.13. The van der Waals surface area contributed by atoms with Gasteiger partial charge in [-0.15, -0.1) is 0 Å². The van der Waals surface area contributed by atoms with E-state index in [2.05, 4.69) is 91.0 Å². The van der Waals surface area contributed by atoms with E-state index in [1.54, 1.807) is 0 Å². The minimum atomic E-state index is -1.98. The molecule has 0 radical (unpaired) electrons. The first kappa shape index (κ1) is 25.9. The number of imide groups is 1. The predicted octanol–water partition coefficient (Wildman–Crippen LogP) is 1.67. The molecule has 1 saturated carbocycles. The van der Waals surface area contributed by atoms with Gasteiger partial charge in [0.25, 0.3) is 11.8 Å². The van der Waals surface area contributed by atoms with Crippen molar-refractivity contribution in [2.75, 3.05) is 6.54 Å². The Bertz CT molecular complexity index is 1080. The predicted molar refractivity (Wildman–Crippen MR) is 140 cm³/mol. The fraction of sp³-hybridized carbons (Fsp3) is 0.233. The zero-order valence-electron chi connectivity index (χ0n) is 20.1. The van der Waals surface area contributed by atoms with E-state index in [4.69, 9.17) is 0 Å². The van der Waals surface area contributed by atoms with Crippen molar-refractivity contribution in [2.45, 2.75) is 25.7 Å². The van der Waals surface area contributed by atoms with E-state index in [0.29, 0.717) is 19.4 Å². The zero-order chi connectivity index (χ0) is 25.3. The summed E-state index contributed by atoms with van der Waals surface area (Å²) in [6, 6.07) is 32.9. The standard InChI is InChI=1S/C12H15NO4.3C6H5.Sn/c14-10-5-6-11(15)13(10)7-8-1-3-9(4-2-8)12(16)17;3*1-2-4-6-5-3-1;/h5-6,8-9H,1-4,7H2,(H,16,17);3*1-5H;/q;;;;+1/p-1. The van der Waals surface area contributed by atoms with Crippen LogP contribution in [-0.2, 0) is 14.4 Å². The van der Waals surface area contributed by atoms with Crippen LogP contribution in [0.15, 0.2) is 103 Å². The van der Waals surface area contributed by atoms with Crippen molar-refractivity contribution in [3.8, 4) is 0 Å². The van der Waals surface area contributed by atoms with E-state index >= 15 is 0 Å². The molecule has 3 aromatic carbocycles. The van der Waals surface area contributed by atoms with Gasteiger partial charge in [0.2, 0.25) is 0 Å². The number of hydrogen-bond acceptors (Lipinski definition) is 4. The molecule has 0 saturated heterocycles. The van der Waals surface area contributed by atoms with Crippen molar-refractivity contribution in [2.24, 2.45) is 11.8 Å². The normalized spacial score (nSPS) is 18.9. The molecule has 1 fully saturated rings. The van der Waals surface area contributed by atoms with Crippen molar-refractivity contribution in [3.05, 3.63) is 103 Å². The number of hydrogen-bond donors (Lipinski definition) is 0. The molecule has 5 nitrogen and oxygen atoms in total.